The number of aromatic nitrogens is 1. The van der Waals surface area contributed by atoms with Crippen molar-refractivity contribution in [1.82, 2.24) is 4.98 Å². The fourth-order valence-electron chi connectivity index (χ4n) is 1.29. The summed E-state index contributed by atoms with van der Waals surface area (Å²) in [5, 5.41) is 8.42. The minimum Gasteiger partial charge on any atom is -0.481 e. The van der Waals surface area contributed by atoms with Crippen LogP contribution in [0.15, 0.2) is 6.07 Å². The molecule has 0 spiro atoms. The number of carboxylic acids is 1. The average molecular weight is 307 g/mol. The second-order valence-corrected chi connectivity index (χ2v) is 3.39. The Labute approximate surface area is 105 Å². The van der Waals surface area contributed by atoms with Gasteiger partial charge in [-0.25, -0.2) is 4.98 Å². The van der Waals surface area contributed by atoms with Gasteiger partial charge in [-0.05, 0) is 0 Å². The zero-order chi connectivity index (χ0) is 15.7. The van der Waals surface area contributed by atoms with Crippen molar-refractivity contribution in [3.8, 4) is 5.75 Å². The van der Waals surface area contributed by atoms with E-state index < -0.39 is 47.9 Å². The predicted molar refractivity (Wildman–Crippen MR) is 47.2 cm³/mol. The van der Waals surface area contributed by atoms with Crippen molar-refractivity contribution in [3.63, 3.8) is 0 Å². The number of hydrogen-bond acceptors (Lipinski definition) is 3. The Kier molecular flexibility index (Phi) is 4.10. The summed E-state index contributed by atoms with van der Waals surface area (Å²) in [6.07, 6.45) is -12.2. The SMILES string of the molecule is O=C(O)Cc1c(OC(F)(F)F)cc(F)nc1C(F)(F)F. The maximum absolute atomic E-state index is 12.8. The Balaban J connectivity index is 3.48. The van der Waals surface area contributed by atoms with E-state index in [0.717, 1.165) is 0 Å². The number of carboxylic acid groups (broad SMARTS) is 1. The summed E-state index contributed by atoms with van der Waals surface area (Å²) in [7, 11) is 0. The molecule has 0 saturated heterocycles. The molecule has 1 heterocycles. The van der Waals surface area contributed by atoms with Crippen LogP contribution in [0.4, 0.5) is 30.7 Å². The number of halogens is 7. The molecule has 0 aliphatic carbocycles. The maximum Gasteiger partial charge on any atom is 0.573 e. The normalized spacial score (nSPS) is 12.3. The van der Waals surface area contributed by atoms with Crippen molar-refractivity contribution in [1.29, 1.82) is 0 Å². The lowest BCUT2D eigenvalue weighted by atomic mass is 10.1. The van der Waals surface area contributed by atoms with E-state index in [1.165, 1.54) is 0 Å². The molecule has 0 aliphatic rings. The molecule has 1 rings (SSSR count). The van der Waals surface area contributed by atoms with Crippen LogP contribution in [0.5, 0.6) is 5.75 Å². The first-order valence-corrected chi connectivity index (χ1v) is 4.64. The van der Waals surface area contributed by atoms with Crippen LogP contribution in [0.3, 0.4) is 0 Å². The maximum atomic E-state index is 12.8. The van der Waals surface area contributed by atoms with Gasteiger partial charge in [-0.3, -0.25) is 4.79 Å². The molecule has 0 bridgehead atoms. The van der Waals surface area contributed by atoms with Gasteiger partial charge in [0.15, 0.2) is 5.69 Å². The van der Waals surface area contributed by atoms with Crippen molar-refractivity contribution in [2.75, 3.05) is 0 Å². The third kappa shape index (κ3) is 4.24. The Bertz CT molecular complexity index is 523. The molecule has 0 aliphatic heterocycles. The lowest BCUT2D eigenvalue weighted by Gasteiger charge is -2.16. The van der Waals surface area contributed by atoms with Crippen LogP contribution in [-0.4, -0.2) is 22.4 Å². The number of hydrogen-bond donors (Lipinski definition) is 1. The molecule has 20 heavy (non-hydrogen) atoms. The lowest BCUT2D eigenvalue weighted by molar-refractivity contribution is -0.275. The van der Waals surface area contributed by atoms with Crippen molar-refractivity contribution < 1.29 is 45.4 Å². The van der Waals surface area contributed by atoms with Gasteiger partial charge in [-0.15, -0.1) is 13.2 Å². The monoisotopic (exact) mass is 307 g/mol. The molecule has 0 aromatic carbocycles. The molecule has 0 atom stereocenters. The highest BCUT2D eigenvalue weighted by Gasteiger charge is 2.40. The summed E-state index contributed by atoms with van der Waals surface area (Å²) < 4.78 is 89.7. The van der Waals surface area contributed by atoms with Gasteiger partial charge in [0, 0.05) is 11.6 Å². The van der Waals surface area contributed by atoms with E-state index in [4.69, 9.17) is 5.11 Å². The van der Waals surface area contributed by atoms with E-state index in [2.05, 4.69) is 9.72 Å². The summed E-state index contributed by atoms with van der Waals surface area (Å²) in [5.41, 5.74) is -3.50. The smallest absolute Gasteiger partial charge is 0.481 e. The van der Waals surface area contributed by atoms with Crippen molar-refractivity contribution >= 4 is 5.97 Å². The van der Waals surface area contributed by atoms with Crippen molar-refractivity contribution in [2.45, 2.75) is 19.0 Å². The summed E-state index contributed by atoms with van der Waals surface area (Å²) in [4.78, 5) is 12.8. The quantitative estimate of drug-likeness (QED) is 0.689. The van der Waals surface area contributed by atoms with Gasteiger partial charge in [0.05, 0.1) is 6.42 Å². The molecule has 0 saturated carbocycles. The number of rotatable bonds is 3. The first kappa shape index (κ1) is 16.0. The highest BCUT2D eigenvalue weighted by Crippen LogP contribution is 2.37. The minimum atomic E-state index is -5.41. The van der Waals surface area contributed by atoms with Gasteiger partial charge in [-0.2, -0.15) is 17.6 Å². The zero-order valence-electron chi connectivity index (χ0n) is 9.14. The molecular weight excluding hydrogens is 303 g/mol. The lowest BCUT2D eigenvalue weighted by Crippen LogP contribution is -2.22. The zero-order valence-corrected chi connectivity index (χ0v) is 9.14. The standard InChI is InChI=1S/C9H4F7NO3/c10-5-2-4(20-9(14,15)16)3(1-6(18)19)7(17-5)8(11,12)13/h2H,1H2,(H,18,19). The molecule has 11 heteroatoms. The summed E-state index contributed by atoms with van der Waals surface area (Å²) in [5.74, 6) is -5.35. The number of aliphatic carboxylic acids is 1. The predicted octanol–water partition coefficient (Wildman–Crippen LogP) is 2.77. The largest absolute Gasteiger partial charge is 0.573 e. The van der Waals surface area contributed by atoms with Gasteiger partial charge in [0.1, 0.15) is 5.75 Å². The average Bonchev–Trinajstić information content (AvgIpc) is 2.16. The second-order valence-electron chi connectivity index (χ2n) is 3.39. The Hall–Kier alpha value is -2.07. The summed E-state index contributed by atoms with van der Waals surface area (Å²) >= 11 is 0. The molecule has 4 nitrogen and oxygen atoms in total. The summed E-state index contributed by atoms with van der Waals surface area (Å²) in [6.45, 7) is 0. The Morgan fingerprint density at radius 2 is 1.80 bits per heavy atom. The van der Waals surface area contributed by atoms with Gasteiger partial charge in [-0.1, -0.05) is 0 Å². The molecule has 0 amide bonds. The highest BCUT2D eigenvalue weighted by atomic mass is 19.4. The van der Waals surface area contributed by atoms with Crippen LogP contribution in [0.1, 0.15) is 11.3 Å². The van der Waals surface area contributed by atoms with E-state index in [1.807, 2.05) is 0 Å². The van der Waals surface area contributed by atoms with E-state index in [-0.39, 0.29) is 6.07 Å². The van der Waals surface area contributed by atoms with Crippen molar-refractivity contribution in [2.24, 2.45) is 0 Å². The van der Waals surface area contributed by atoms with Gasteiger partial charge in [0.25, 0.3) is 0 Å². The van der Waals surface area contributed by atoms with Gasteiger partial charge < -0.3 is 9.84 Å². The van der Waals surface area contributed by atoms with Gasteiger partial charge in [0.2, 0.25) is 5.95 Å². The Morgan fingerprint density at radius 3 is 2.20 bits per heavy atom. The molecule has 1 aromatic rings. The van der Waals surface area contributed by atoms with E-state index in [9.17, 15) is 35.5 Å². The van der Waals surface area contributed by atoms with Crippen LogP contribution in [0.2, 0.25) is 0 Å². The number of nitrogens with zero attached hydrogens (tertiary/aromatic N) is 1. The number of pyridine rings is 1. The molecule has 112 valence electrons. The van der Waals surface area contributed by atoms with Crippen LogP contribution in [-0.2, 0) is 17.4 Å². The van der Waals surface area contributed by atoms with E-state index >= 15 is 0 Å². The van der Waals surface area contributed by atoms with E-state index in [0.29, 0.717) is 0 Å². The Morgan fingerprint density at radius 1 is 1.25 bits per heavy atom. The molecular formula is C9H4F7NO3. The van der Waals surface area contributed by atoms with Gasteiger partial charge >= 0.3 is 18.5 Å². The van der Waals surface area contributed by atoms with E-state index in [1.54, 1.807) is 0 Å². The number of alkyl halides is 6. The molecule has 1 aromatic heterocycles. The highest BCUT2D eigenvalue weighted by molar-refractivity contribution is 5.72. The molecule has 0 fully saturated rings. The van der Waals surface area contributed by atoms with Crippen molar-refractivity contribution in [3.05, 3.63) is 23.3 Å². The topological polar surface area (TPSA) is 59.4 Å². The number of ether oxygens (including phenoxy) is 1. The number of carbonyl (C=O) groups is 1. The second kappa shape index (κ2) is 5.13. The minimum absolute atomic E-state index is 0.0684. The molecule has 0 unspecified atom stereocenters. The summed E-state index contributed by atoms with van der Waals surface area (Å²) in [6, 6.07) is -0.0684. The van der Waals surface area contributed by atoms with Crippen LogP contribution >= 0.6 is 0 Å². The molecule has 1 N–H and O–H groups in total. The first-order valence-electron chi connectivity index (χ1n) is 4.64. The first-order chi connectivity index (χ1) is 8.90. The fraction of sp³-hybridized carbons (Fsp3) is 0.333. The van der Waals surface area contributed by atoms with Crippen LogP contribution < -0.4 is 4.74 Å². The van der Waals surface area contributed by atoms with Crippen LogP contribution in [0.25, 0.3) is 0 Å². The third-order valence-corrected chi connectivity index (χ3v) is 1.87. The fourth-order valence-corrected chi connectivity index (χ4v) is 1.29. The third-order valence-electron chi connectivity index (χ3n) is 1.87. The van der Waals surface area contributed by atoms with Crippen LogP contribution in [0, 0.1) is 5.95 Å². The molecule has 0 radical (unpaired) electrons.